The van der Waals surface area contributed by atoms with Crippen molar-refractivity contribution in [1.82, 2.24) is 40.4 Å². The normalized spacial score (nSPS) is 13.7. The van der Waals surface area contributed by atoms with Crippen molar-refractivity contribution in [3.63, 3.8) is 0 Å². The molecular formula is C29H37F3N10O5. The number of carbonyl (C=O) groups excluding carboxylic acids is 3. The van der Waals surface area contributed by atoms with Gasteiger partial charge in [-0.05, 0) is 31.8 Å². The summed E-state index contributed by atoms with van der Waals surface area (Å²) < 4.78 is 54.0. The number of rotatable bonds is 13. The van der Waals surface area contributed by atoms with Crippen LogP contribution in [0, 0.1) is 0 Å². The predicted octanol–water partition coefficient (Wildman–Crippen LogP) is 1.26. The van der Waals surface area contributed by atoms with Crippen LogP contribution < -0.4 is 26.2 Å². The molecular weight excluding hydrogens is 625 g/mol. The summed E-state index contributed by atoms with van der Waals surface area (Å²) in [4.78, 5) is 47.7. The third kappa shape index (κ3) is 10.1. The van der Waals surface area contributed by atoms with E-state index in [0.717, 1.165) is 18.9 Å². The van der Waals surface area contributed by atoms with Gasteiger partial charge in [0.25, 0.3) is 0 Å². The molecule has 47 heavy (non-hydrogen) atoms. The van der Waals surface area contributed by atoms with Crippen molar-refractivity contribution in [3.05, 3.63) is 47.8 Å². The summed E-state index contributed by atoms with van der Waals surface area (Å²) >= 11 is 0. The number of ether oxygens (including phenoxy) is 2. The maximum Gasteiger partial charge on any atom is 0.417 e. The molecule has 0 radical (unpaired) electrons. The zero-order valence-corrected chi connectivity index (χ0v) is 26.2. The Bertz CT molecular complexity index is 1590. The van der Waals surface area contributed by atoms with Crippen LogP contribution in [0.4, 0.5) is 29.6 Å². The van der Waals surface area contributed by atoms with E-state index >= 15 is 0 Å². The summed E-state index contributed by atoms with van der Waals surface area (Å²) in [7, 11) is 4.83. The van der Waals surface area contributed by atoms with Crippen molar-refractivity contribution in [1.29, 1.82) is 0 Å². The number of nitrogens with one attached hydrogen (secondary N) is 4. The van der Waals surface area contributed by atoms with E-state index in [4.69, 9.17) is 4.74 Å². The van der Waals surface area contributed by atoms with Crippen molar-refractivity contribution < 1.29 is 37.0 Å². The molecule has 4 heterocycles. The number of alkyl halides is 3. The van der Waals surface area contributed by atoms with Gasteiger partial charge in [-0.25, -0.2) is 19.3 Å². The fourth-order valence-electron chi connectivity index (χ4n) is 4.53. The first-order valence-electron chi connectivity index (χ1n) is 14.7. The molecule has 0 aromatic carbocycles. The number of hydrogen-bond acceptors (Lipinski definition) is 11. The zero-order chi connectivity index (χ0) is 34.0. The summed E-state index contributed by atoms with van der Waals surface area (Å²) in [5, 5.41) is 15.0. The highest BCUT2D eigenvalue weighted by atomic mass is 19.4. The second kappa shape index (κ2) is 16.1. The van der Waals surface area contributed by atoms with Gasteiger partial charge in [0.15, 0.2) is 11.6 Å². The Hall–Kier alpha value is -4.81. The van der Waals surface area contributed by atoms with E-state index in [0.29, 0.717) is 69.9 Å². The van der Waals surface area contributed by atoms with Gasteiger partial charge >= 0.3 is 12.3 Å². The monoisotopic (exact) mass is 662 g/mol. The zero-order valence-electron chi connectivity index (χ0n) is 26.2. The van der Waals surface area contributed by atoms with Crippen molar-refractivity contribution in [2.24, 2.45) is 0 Å². The van der Waals surface area contributed by atoms with Crippen LogP contribution in [-0.4, -0.2) is 116 Å². The van der Waals surface area contributed by atoms with Crippen LogP contribution in [-0.2, 0) is 31.8 Å². The molecule has 0 spiro atoms. The minimum absolute atomic E-state index is 0.155. The second-order valence-electron chi connectivity index (χ2n) is 10.7. The Balaban J connectivity index is 1.46. The van der Waals surface area contributed by atoms with E-state index in [9.17, 15) is 27.6 Å². The number of fused-ring (bicyclic) bond motifs is 1. The highest BCUT2D eigenvalue weighted by molar-refractivity contribution is 5.91. The van der Waals surface area contributed by atoms with Gasteiger partial charge < -0.3 is 35.2 Å². The van der Waals surface area contributed by atoms with Gasteiger partial charge in [0.05, 0.1) is 38.0 Å². The summed E-state index contributed by atoms with van der Waals surface area (Å²) in [5.41, 5.74) is -0.0840. The molecule has 1 saturated heterocycles. The van der Waals surface area contributed by atoms with Gasteiger partial charge in [-0.2, -0.15) is 13.2 Å². The first kappa shape index (κ1) is 35.1. The van der Waals surface area contributed by atoms with E-state index < -0.39 is 17.8 Å². The average Bonchev–Trinajstić information content (AvgIpc) is 3.45. The number of methoxy groups -OCH3 is 1. The fourth-order valence-corrected chi connectivity index (χ4v) is 4.53. The highest BCUT2D eigenvalue weighted by Crippen LogP contribution is 2.37. The predicted molar refractivity (Wildman–Crippen MR) is 166 cm³/mol. The van der Waals surface area contributed by atoms with Crippen molar-refractivity contribution in [2.75, 3.05) is 83.9 Å². The van der Waals surface area contributed by atoms with Crippen molar-refractivity contribution >= 4 is 35.1 Å². The SMILES string of the molecule is COC(=O)Nc1cc(C(F)(F)F)c(-c2nc(N3CCOCC3)c3cc(CNCCNC(=O)CNC(=O)/C=C/CN(C)C)cn3n2)cn1. The van der Waals surface area contributed by atoms with Crippen molar-refractivity contribution in [3.8, 4) is 11.4 Å². The minimum atomic E-state index is -4.81. The Morgan fingerprint density at radius 2 is 1.89 bits per heavy atom. The molecule has 0 saturated carbocycles. The molecule has 254 valence electrons. The molecule has 4 N–H and O–H groups in total. The number of amides is 3. The molecule has 1 fully saturated rings. The number of hydrogen-bond donors (Lipinski definition) is 4. The average molecular weight is 663 g/mol. The topological polar surface area (TPSA) is 167 Å². The van der Waals surface area contributed by atoms with Gasteiger partial charge in [0.2, 0.25) is 11.8 Å². The number of morpholine rings is 1. The number of pyridine rings is 1. The highest BCUT2D eigenvalue weighted by Gasteiger charge is 2.36. The lowest BCUT2D eigenvalue weighted by atomic mass is 10.1. The van der Waals surface area contributed by atoms with E-state index in [1.165, 1.54) is 10.6 Å². The van der Waals surface area contributed by atoms with Crippen molar-refractivity contribution in [2.45, 2.75) is 12.7 Å². The fraction of sp³-hybridized carbons (Fsp3) is 0.448. The molecule has 18 heteroatoms. The number of likely N-dealkylation sites (N-methyl/N-ethyl adjacent to an activating group) is 1. The Labute approximate surface area is 268 Å². The Morgan fingerprint density at radius 1 is 1.13 bits per heavy atom. The molecule has 4 rings (SSSR count). The minimum Gasteiger partial charge on any atom is -0.453 e. The quantitative estimate of drug-likeness (QED) is 0.154. The largest absolute Gasteiger partial charge is 0.453 e. The standard InChI is InChI=1S/C29H37F3N10O5/c1-40(2)8-4-5-24(43)36-17-25(44)34-7-6-33-15-19-13-22-27(41-9-11-47-12-10-41)38-26(39-42(22)18-19)20-16-35-23(37-28(45)46-3)14-21(20)29(30,31)32/h4-5,13-14,16,18,33H,6-12,15,17H2,1-3H3,(H,34,44)(H,36,43)(H,35,37,45)/b5-4+. The van der Waals surface area contributed by atoms with E-state index in [-0.39, 0.29) is 35.6 Å². The molecule has 0 aliphatic carbocycles. The van der Waals surface area contributed by atoms with Crippen LogP contribution >= 0.6 is 0 Å². The maximum absolute atomic E-state index is 14.2. The lowest BCUT2D eigenvalue weighted by Gasteiger charge is -2.28. The molecule has 0 bridgehead atoms. The summed E-state index contributed by atoms with van der Waals surface area (Å²) in [6.07, 6.45) is -0.0529. The van der Waals surface area contributed by atoms with Crippen LogP contribution in [0.3, 0.4) is 0 Å². The summed E-state index contributed by atoms with van der Waals surface area (Å²) in [6.45, 7) is 3.33. The van der Waals surface area contributed by atoms with Crippen LogP contribution in [0.2, 0.25) is 0 Å². The molecule has 3 aromatic heterocycles. The molecule has 0 unspecified atom stereocenters. The van der Waals surface area contributed by atoms with Gasteiger partial charge in [-0.1, -0.05) is 6.08 Å². The number of aromatic nitrogens is 4. The number of carbonyl (C=O) groups is 3. The van der Waals surface area contributed by atoms with E-state index in [1.54, 1.807) is 12.3 Å². The first-order valence-corrected chi connectivity index (χ1v) is 14.7. The maximum atomic E-state index is 14.2. The van der Waals surface area contributed by atoms with Crippen LogP contribution in [0.1, 0.15) is 11.1 Å². The van der Waals surface area contributed by atoms with Gasteiger partial charge in [-0.3, -0.25) is 14.9 Å². The Morgan fingerprint density at radius 3 is 2.60 bits per heavy atom. The third-order valence-corrected chi connectivity index (χ3v) is 6.79. The van der Waals surface area contributed by atoms with Crippen LogP contribution in [0.25, 0.3) is 16.9 Å². The molecule has 1 aliphatic heterocycles. The molecule has 0 atom stereocenters. The lowest BCUT2D eigenvalue weighted by Crippen LogP contribution is -2.39. The first-order chi connectivity index (χ1) is 22.4. The summed E-state index contributed by atoms with van der Waals surface area (Å²) in [6, 6.07) is 2.54. The van der Waals surface area contributed by atoms with Gasteiger partial charge in [0, 0.05) is 57.7 Å². The van der Waals surface area contributed by atoms with Crippen LogP contribution in [0.5, 0.6) is 0 Å². The Kier molecular flexibility index (Phi) is 12.0. The number of nitrogens with zero attached hydrogens (tertiary/aromatic N) is 6. The molecule has 3 aromatic rings. The van der Waals surface area contributed by atoms with Gasteiger partial charge in [0.1, 0.15) is 11.3 Å². The molecule has 1 aliphatic rings. The third-order valence-electron chi connectivity index (χ3n) is 6.79. The molecule has 3 amide bonds. The molecule has 15 nitrogen and oxygen atoms in total. The number of halogens is 3. The number of anilines is 2. The second-order valence-corrected chi connectivity index (χ2v) is 10.7. The van der Waals surface area contributed by atoms with Gasteiger partial charge in [-0.15, -0.1) is 5.10 Å². The summed E-state index contributed by atoms with van der Waals surface area (Å²) in [5.74, 6) is -0.815. The van der Waals surface area contributed by atoms with Crippen LogP contribution in [0.15, 0.2) is 36.7 Å². The smallest absolute Gasteiger partial charge is 0.417 e. The lowest BCUT2D eigenvalue weighted by molar-refractivity contribution is -0.137. The van der Waals surface area contributed by atoms with E-state index in [2.05, 4.69) is 41.1 Å². The van der Waals surface area contributed by atoms with E-state index in [1.807, 2.05) is 30.0 Å².